The minimum Gasteiger partial charge on any atom is -0.396 e. The van der Waals surface area contributed by atoms with E-state index in [-0.39, 0.29) is 0 Å². The summed E-state index contributed by atoms with van der Waals surface area (Å²) in [5.41, 5.74) is 3.16. The maximum atomic E-state index is 9.17. The second-order valence-electron chi connectivity index (χ2n) is 3.78. The maximum Gasteiger partial charge on any atom is 0.0496 e. The molecule has 0 aromatic carbocycles. The Balaban J connectivity index is 2.19. The summed E-state index contributed by atoms with van der Waals surface area (Å²) in [5.74, 6) is 0.485. The molecule has 2 rings (SSSR count). The van der Waals surface area contributed by atoms with Gasteiger partial charge in [-0.25, -0.2) is 0 Å². The van der Waals surface area contributed by atoms with Gasteiger partial charge in [-0.05, 0) is 32.1 Å². The average Bonchev–Trinajstić information content (AvgIpc) is 2.17. The highest BCUT2D eigenvalue weighted by molar-refractivity contribution is 5.28. The Morgan fingerprint density at radius 1 is 1.33 bits per heavy atom. The van der Waals surface area contributed by atoms with Crippen LogP contribution in [-0.2, 0) is 0 Å². The van der Waals surface area contributed by atoms with Gasteiger partial charge in [0.05, 0.1) is 0 Å². The number of rotatable bonds is 1. The Labute approximate surface area is 73.8 Å². The molecule has 12 heavy (non-hydrogen) atoms. The van der Waals surface area contributed by atoms with Crippen molar-refractivity contribution in [3.05, 3.63) is 23.3 Å². The van der Waals surface area contributed by atoms with Gasteiger partial charge in [-0.1, -0.05) is 23.3 Å². The van der Waals surface area contributed by atoms with Crippen LogP contribution in [0.15, 0.2) is 23.3 Å². The first-order valence-electron chi connectivity index (χ1n) is 4.88. The van der Waals surface area contributed by atoms with E-state index in [2.05, 4.69) is 12.2 Å². The first kappa shape index (κ1) is 8.06. The minimum atomic E-state index is 0.354. The van der Waals surface area contributed by atoms with E-state index in [1.807, 2.05) is 0 Å². The average molecular weight is 164 g/mol. The second kappa shape index (κ2) is 3.44. The van der Waals surface area contributed by atoms with Crippen LogP contribution in [0.1, 0.15) is 32.1 Å². The third-order valence-corrected chi connectivity index (χ3v) is 3.07. The maximum absolute atomic E-state index is 9.17. The van der Waals surface area contributed by atoms with Crippen molar-refractivity contribution in [2.75, 3.05) is 6.61 Å². The van der Waals surface area contributed by atoms with Gasteiger partial charge >= 0.3 is 0 Å². The monoisotopic (exact) mass is 164 g/mol. The molecule has 0 aromatic rings. The fourth-order valence-corrected chi connectivity index (χ4v) is 2.37. The first-order chi connectivity index (χ1) is 5.92. The van der Waals surface area contributed by atoms with Gasteiger partial charge < -0.3 is 5.11 Å². The van der Waals surface area contributed by atoms with Crippen molar-refractivity contribution < 1.29 is 5.11 Å². The molecule has 0 heterocycles. The lowest BCUT2D eigenvalue weighted by Gasteiger charge is -2.28. The molecule has 0 radical (unpaired) electrons. The fourth-order valence-electron chi connectivity index (χ4n) is 2.37. The molecule has 2 aliphatic rings. The molecule has 0 saturated heterocycles. The highest BCUT2D eigenvalue weighted by atomic mass is 16.3. The quantitative estimate of drug-likeness (QED) is 0.590. The van der Waals surface area contributed by atoms with Gasteiger partial charge in [0, 0.05) is 12.5 Å². The van der Waals surface area contributed by atoms with Crippen LogP contribution < -0.4 is 0 Å². The molecule has 0 bridgehead atoms. The summed E-state index contributed by atoms with van der Waals surface area (Å²) in [6, 6.07) is 0. The smallest absolute Gasteiger partial charge is 0.0496 e. The third kappa shape index (κ3) is 1.34. The van der Waals surface area contributed by atoms with E-state index in [1.165, 1.54) is 19.3 Å². The lowest BCUT2D eigenvalue weighted by molar-refractivity contribution is 0.229. The van der Waals surface area contributed by atoms with Gasteiger partial charge in [0.1, 0.15) is 0 Å². The Morgan fingerprint density at radius 2 is 2.17 bits per heavy atom. The lowest BCUT2D eigenvalue weighted by atomic mass is 9.78. The predicted molar refractivity (Wildman–Crippen MR) is 49.8 cm³/mol. The molecule has 1 nitrogen and oxygen atoms in total. The Hall–Kier alpha value is -0.560. The van der Waals surface area contributed by atoms with Crippen LogP contribution >= 0.6 is 0 Å². The van der Waals surface area contributed by atoms with E-state index in [4.69, 9.17) is 0 Å². The van der Waals surface area contributed by atoms with Gasteiger partial charge in [-0.15, -0.1) is 0 Å². The zero-order valence-corrected chi connectivity index (χ0v) is 7.42. The lowest BCUT2D eigenvalue weighted by Crippen LogP contribution is -2.17. The van der Waals surface area contributed by atoms with Gasteiger partial charge in [0.15, 0.2) is 0 Å². The zero-order chi connectivity index (χ0) is 8.39. The van der Waals surface area contributed by atoms with Crippen molar-refractivity contribution in [3.8, 4) is 0 Å². The summed E-state index contributed by atoms with van der Waals surface area (Å²) in [4.78, 5) is 0. The summed E-state index contributed by atoms with van der Waals surface area (Å²) >= 11 is 0. The van der Waals surface area contributed by atoms with E-state index in [0.717, 1.165) is 12.8 Å². The molecule has 0 amide bonds. The molecule has 0 aliphatic heterocycles. The van der Waals surface area contributed by atoms with E-state index >= 15 is 0 Å². The number of allylic oxidation sites excluding steroid dienone is 3. The summed E-state index contributed by atoms with van der Waals surface area (Å²) in [6.45, 7) is 0.354. The van der Waals surface area contributed by atoms with Crippen LogP contribution in [0.4, 0.5) is 0 Å². The molecule has 66 valence electrons. The number of aliphatic hydroxyl groups excluding tert-OH is 1. The van der Waals surface area contributed by atoms with Crippen molar-refractivity contribution in [1.82, 2.24) is 0 Å². The van der Waals surface area contributed by atoms with Crippen molar-refractivity contribution in [3.63, 3.8) is 0 Å². The Bertz CT molecular complexity index is 225. The van der Waals surface area contributed by atoms with E-state index < -0.39 is 0 Å². The number of aliphatic hydroxyl groups is 1. The topological polar surface area (TPSA) is 20.2 Å². The summed E-state index contributed by atoms with van der Waals surface area (Å²) in [6.07, 6.45) is 10.5. The highest BCUT2D eigenvalue weighted by Crippen LogP contribution is 2.36. The number of hydrogen-bond acceptors (Lipinski definition) is 1. The van der Waals surface area contributed by atoms with E-state index in [0.29, 0.717) is 12.5 Å². The minimum absolute atomic E-state index is 0.354. The van der Waals surface area contributed by atoms with Crippen molar-refractivity contribution in [2.24, 2.45) is 5.92 Å². The molecule has 0 spiro atoms. The largest absolute Gasteiger partial charge is 0.396 e. The van der Waals surface area contributed by atoms with Crippen molar-refractivity contribution in [2.45, 2.75) is 32.1 Å². The van der Waals surface area contributed by atoms with Crippen LogP contribution in [-0.4, -0.2) is 11.7 Å². The van der Waals surface area contributed by atoms with Crippen LogP contribution in [0.5, 0.6) is 0 Å². The van der Waals surface area contributed by atoms with Crippen LogP contribution in [0, 0.1) is 5.92 Å². The molecule has 1 atom stereocenters. The van der Waals surface area contributed by atoms with Crippen LogP contribution in [0.2, 0.25) is 0 Å². The second-order valence-corrected chi connectivity index (χ2v) is 3.78. The van der Waals surface area contributed by atoms with Gasteiger partial charge in [-0.3, -0.25) is 0 Å². The van der Waals surface area contributed by atoms with Crippen LogP contribution in [0.25, 0.3) is 0 Å². The number of hydrogen-bond donors (Lipinski definition) is 1. The molecule has 0 fully saturated rings. The van der Waals surface area contributed by atoms with Crippen LogP contribution in [0.3, 0.4) is 0 Å². The van der Waals surface area contributed by atoms with E-state index in [9.17, 15) is 5.11 Å². The van der Waals surface area contributed by atoms with Gasteiger partial charge in [0.25, 0.3) is 0 Å². The van der Waals surface area contributed by atoms with Gasteiger partial charge in [0.2, 0.25) is 0 Å². The Morgan fingerprint density at radius 3 is 3.00 bits per heavy atom. The highest BCUT2D eigenvalue weighted by Gasteiger charge is 2.21. The third-order valence-electron chi connectivity index (χ3n) is 3.07. The molecular weight excluding hydrogens is 148 g/mol. The zero-order valence-electron chi connectivity index (χ0n) is 7.42. The first-order valence-corrected chi connectivity index (χ1v) is 4.88. The molecule has 0 unspecified atom stereocenters. The normalized spacial score (nSPS) is 28.9. The predicted octanol–water partition coefficient (Wildman–Crippen LogP) is 2.43. The molecule has 1 heteroatoms. The summed E-state index contributed by atoms with van der Waals surface area (Å²) in [7, 11) is 0. The Kier molecular flexibility index (Phi) is 2.31. The SMILES string of the molecule is OC[C@H]1CCCC2=C1CC=CC2. The molecule has 1 N–H and O–H groups in total. The molecule has 0 aromatic heterocycles. The summed E-state index contributed by atoms with van der Waals surface area (Å²) in [5, 5.41) is 9.17. The molecule has 0 saturated carbocycles. The fraction of sp³-hybridized carbons (Fsp3) is 0.636. The van der Waals surface area contributed by atoms with E-state index in [1.54, 1.807) is 11.1 Å². The molecular formula is C11H16O. The molecule has 2 aliphatic carbocycles. The van der Waals surface area contributed by atoms with Crippen molar-refractivity contribution >= 4 is 0 Å². The van der Waals surface area contributed by atoms with Gasteiger partial charge in [-0.2, -0.15) is 0 Å². The van der Waals surface area contributed by atoms with Crippen molar-refractivity contribution in [1.29, 1.82) is 0 Å². The summed E-state index contributed by atoms with van der Waals surface area (Å²) < 4.78 is 0. The standard InChI is InChI=1S/C11H16O/c12-8-10-6-3-5-9-4-1-2-7-11(9)10/h1-2,10,12H,3-8H2/t10-/m1/s1.